The number of carbonyl (C=O) groups is 1. The molecule has 2 aromatic rings. The van der Waals surface area contributed by atoms with Crippen molar-refractivity contribution in [3.63, 3.8) is 0 Å². The molecule has 0 unspecified atom stereocenters. The molecule has 1 fully saturated rings. The SMILES string of the molecule is Cl.Cn1c(C(=O)N2CCNCC2)cc2ccccc21. The summed E-state index contributed by atoms with van der Waals surface area (Å²) in [7, 11) is 1.96. The number of nitrogens with zero attached hydrogens (tertiary/aromatic N) is 2. The molecule has 0 spiro atoms. The van der Waals surface area contributed by atoms with Crippen LogP contribution in [-0.4, -0.2) is 41.6 Å². The van der Waals surface area contributed by atoms with Crippen molar-refractivity contribution >= 4 is 29.2 Å². The first-order valence-electron chi connectivity index (χ1n) is 6.32. The smallest absolute Gasteiger partial charge is 0.270 e. The van der Waals surface area contributed by atoms with Crippen molar-refractivity contribution in [2.45, 2.75) is 0 Å². The molecule has 0 saturated carbocycles. The first-order valence-corrected chi connectivity index (χ1v) is 6.32. The van der Waals surface area contributed by atoms with E-state index in [4.69, 9.17) is 0 Å². The maximum atomic E-state index is 12.5. The van der Waals surface area contributed by atoms with Crippen LogP contribution in [0.1, 0.15) is 10.5 Å². The quantitative estimate of drug-likeness (QED) is 0.862. The number of fused-ring (bicyclic) bond motifs is 1. The van der Waals surface area contributed by atoms with Gasteiger partial charge in [-0.3, -0.25) is 4.79 Å². The van der Waals surface area contributed by atoms with Gasteiger partial charge in [-0.25, -0.2) is 0 Å². The summed E-state index contributed by atoms with van der Waals surface area (Å²) in [6, 6.07) is 10.1. The predicted molar refractivity (Wildman–Crippen MR) is 78.9 cm³/mol. The molecule has 1 amide bonds. The molecule has 0 atom stereocenters. The molecule has 0 bridgehead atoms. The van der Waals surface area contributed by atoms with E-state index in [1.807, 2.05) is 46.8 Å². The van der Waals surface area contributed by atoms with E-state index in [0.717, 1.165) is 42.8 Å². The van der Waals surface area contributed by atoms with E-state index in [9.17, 15) is 4.79 Å². The van der Waals surface area contributed by atoms with Crippen LogP contribution >= 0.6 is 12.4 Å². The highest BCUT2D eigenvalue weighted by molar-refractivity contribution is 5.98. The fourth-order valence-corrected chi connectivity index (χ4v) is 2.52. The minimum Gasteiger partial charge on any atom is -0.340 e. The van der Waals surface area contributed by atoms with E-state index in [1.54, 1.807) is 0 Å². The fourth-order valence-electron chi connectivity index (χ4n) is 2.52. The van der Waals surface area contributed by atoms with Gasteiger partial charge in [-0.2, -0.15) is 0 Å². The van der Waals surface area contributed by atoms with E-state index in [0.29, 0.717) is 0 Å². The van der Waals surface area contributed by atoms with E-state index in [2.05, 4.69) is 5.32 Å². The van der Waals surface area contributed by atoms with Crippen molar-refractivity contribution in [3.8, 4) is 0 Å². The summed E-state index contributed by atoms with van der Waals surface area (Å²) in [5.74, 6) is 0.134. The number of carbonyl (C=O) groups excluding carboxylic acids is 1. The van der Waals surface area contributed by atoms with Gasteiger partial charge in [-0.15, -0.1) is 12.4 Å². The minimum atomic E-state index is 0. The Morgan fingerprint density at radius 2 is 1.89 bits per heavy atom. The average Bonchev–Trinajstić information content (AvgIpc) is 2.77. The van der Waals surface area contributed by atoms with E-state index in [-0.39, 0.29) is 18.3 Å². The van der Waals surface area contributed by atoms with Crippen LogP contribution in [0.5, 0.6) is 0 Å². The minimum absolute atomic E-state index is 0. The van der Waals surface area contributed by atoms with Gasteiger partial charge < -0.3 is 14.8 Å². The van der Waals surface area contributed by atoms with Crippen LogP contribution in [0.25, 0.3) is 10.9 Å². The van der Waals surface area contributed by atoms with Crippen molar-refractivity contribution in [1.29, 1.82) is 0 Å². The van der Waals surface area contributed by atoms with E-state index in [1.165, 1.54) is 0 Å². The summed E-state index contributed by atoms with van der Waals surface area (Å²) in [5.41, 5.74) is 1.88. The Kier molecular flexibility index (Phi) is 4.12. The second kappa shape index (κ2) is 5.63. The van der Waals surface area contributed by atoms with Crippen molar-refractivity contribution in [2.75, 3.05) is 26.2 Å². The Labute approximate surface area is 118 Å². The highest BCUT2D eigenvalue weighted by atomic mass is 35.5. The molecular weight excluding hydrogens is 262 g/mol. The van der Waals surface area contributed by atoms with Gasteiger partial charge in [0.25, 0.3) is 5.91 Å². The molecule has 3 rings (SSSR count). The lowest BCUT2D eigenvalue weighted by molar-refractivity contribution is 0.0726. The lowest BCUT2D eigenvalue weighted by Crippen LogP contribution is -2.46. The summed E-state index contributed by atoms with van der Waals surface area (Å²) < 4.78 is 1.99. The van der Waals surface area contributed by atoms with Crippen LogP contribution in [0.4, 0.5) is 0 Å². The first kappa shape index (κ1) is 13.9. The lowest BCUT2D eigenvalue weighted by Gasteiger charge is -2.27. The Bertz CT molecular complexity index is 587. The normalized spacial score (nSPS) is 15.3. The molecule has 4 nitrogen and oxygen atoms in total. The van der Waals surface area contributed by atoms with Crippen LogP contribution in [0, 0.1) is 0 Å². The van der Waals surface area contributed by atoms with E-state index < -0.39 is 0 Å². The first-order chi connectivity index (χ1) is 8.77. The van der Waals surface area contributed by atoms with Gasteiger partial charge in [0.15, 0.2) is 0 Å². The van der Waals surface area contributed by atoms with Gasteiger partial charge in [-0.1, -0.05) is 18.2 Å². The largest absolute Gasteiger partial charge is 0.340 e. The van der Waals surface area contributed by atoms with Gasteiger partial charge in [0.1, 0.15) is 5.69 Å². The topological polar surface area (TPSA) is 37.3 Å². The molecule has 0 aliphatic carbocycles. The molecule has 1 aromatic carbocycles. The van der Waals surface area contributed by atoms with Crippen molar-refractivity contribution in [3.05, 3.63) is 36.0 Å². The van der Waals surface area contributed by atoms with Crippen LogP contribution in [0.2, 0.25) is 0 Å². The number of hydrogen-bond donors (Lipinski definition) is 1. The van der Waals surface area contributed by atoms with Crippen LogP contribution < -0.4 is 5.32 Å². The maximum Gasteiger partial charge on any atom is 0.270 e. The summed E-state index contributed by atoms with van der Waals surface area (Å²) in [4.78, 5) is 14.4. The van der Waals surface area contributed by atoms with Crippen LogP contribution in [0.15, 0.2) is 30.3 Å². The number of nitrogens with one attached hydrogen (secondary N) is 1. The van der Waals surface area contributed by atoms with E-state index >= 15 is 0 Å². The summed E-state index contributed by atoms with van der Waals surface area (Å²) in [6.07, 6.45) is 0. The monoisotopic (exact) mass is 279 g/mol. The van der Waals surface area contributed by atoms with Gasteiger partial charge in [0.05, 0.1) is 0 Å². The average molecular weight is 280 g/mol. The number of amides is 1. The van der Waals surface area contributed by atoms with Crippen molar-refractivity contribution < 1.29 is 4.79 Å². The van der Waals surface area contributed by atoms with Crippen molar-refractivity contribution in [1.82, 2.24) is 14.8 Å². The zero-order chi connectivity index (χ0) is 12.5. The number of aromatic nitrogens is 1. The molecule has 1 N–H and O–H groups in total. The Morgan fingerprint density at radius 3 is 2.58 bits per heavy atom. The number of aryl methyl sites for hydroxylation is 1. The number of benzene rings is 1. The number of hydrogen-bond acceptors (Lipinski definition) is 2. The summed E-state index contributed by atoms with van der Waals surface area (Å²) in [6.45, 7) is 3.35. The third-order valence-electron chi connectivity index (χ3n) is 3.58. The fraction of sp³-hybridized carbons (Fsp3) is 0.357. The predicted octanol–water partition coefficient (Wildman–Crippen LogP) is 1.65. The van der Waals surface area contributed by atoms with Gasteiger partial charge in [-0.05, 0) is 12.1 Å². The van der Waals surface area contributed by atoms with Gasteiger partial charge in [0, 0.05) is 44.1 Å². The summed E-state index contributed by atoms with van der Waals surface area (Å²) >= 11 is 0. The molecule has 2 heterocycles. The third-order valence-corrected chi connectivity index (χ3v) is 3.58. The molecule has 102 valence electrons. The highest BCUT2D eigenvalue weighted by Crippen LogP contribution is 2.19. The highest BCUT2D eigenvalue weighted by Gasteiger charge is 2.21. The molecule has 0 radical (unpaired) electrons. The zero-order valence-electron chi connectivity index (χ0n) is 10.9. The molecular formula is C14H18ClN3O. The third kappa shape index (κ3) is 2.46. The Hall–Kier alpha value is -1.52. The standard InChI is InChI=1S/C14H17N3O.ClH/c1-16-12-5-3-2-4-11(12)10-13(16)14(18)17-8-6-15-7-9-17;/h2-5,10,15H,6-9H2,1H3;1H. The number of para-hydroxylation sites is 1. The molecule has 1 saturated heterocycles. The zero-order valence-corrected chi connectivity index (χ0v) is 11.7. The van der Waals surface area contributed by atoms with Gasteiger partial charge >= 0.3 is 0 Å². The molecule has 19 heavy (non-hydrogen) atoms. The maximum absolute atomic E-state index is 12.5. The number of halogens is 1. The molecule has 1 aromatic heterocycles. The Balaban J connectivity index is 0.00000133. The molecule has 1 aliphatic heterocycles. The summed E-state index contributed by atoms with van der Waals surface area (Å²) in [5, 5.41) is 4.39. The number of piperazine rings is 1. The van der Waals surface area contributed by atoms with Crippen LogP contribution in [0.3, 0.4) is 0 Å². The second-order valence-corrected chi connectivity index (χ2v) is 4.69. The van der Waals surface area contributed by atoms with Gasteiger partial charge in [0.2, 0.25) is 0 Å². The lowest BCUT2D eigenvalue weighted by atomic mass is 10.2. The molecule has 1 aliphatic rings. The number of rotatable bonds is 1. The van der Waals surface area contributed by atoms with Crippen molar-refractivity contribution in [2.24, 2.45) is 7.05 Å². The Morgan fingerprint density at radius 1 is 1.21 bits per heavy atom. The second-order valence-electron chi connectivity index (χ2n) is 4.69. The molecule has 5 heteroatoms. The van der Waals surface area contributed by atoms with Crippen LogP contribution in [-0.2, 0) is 7.05 Å².